The molecule has 0 unspecified atom stereocenters. The van der Waals surface area contributed by atoms with Crippen LogP contribution >= 0.6 is 0 Å². The van der Waals surface area contributed by atoms with Crippen LogP contribution in [-0.2, 0) is 6.54 Å². The fraction of sp³-hybridized carbons (Fsp3) is 0.333. The smallest absolute Gasteiger partial charge is 0.278 e. The summed E-state index contributed by atoms with van der Waals surface area (Å²) in [6, 6.07) is 7.37. The van der Waals surface area contributed by atoms with Crippen LogP contribution in [0.15, 0.2) is 30.5 Å². The lowest BCUT2D eigenvalue weighted by Gasteiger charge is -2.16. The van der Waals surface area contributed by atoms with Gasteiger partial charge in [-0.15, -0.1) is 0 Å². The van der Waals surface area contributed by atoms with Crippen LogP contribution in [0.5, 0.6) is 5.75 Å². The molecule has 0 bridgehead atoms. The molecule has 1 amide bonds. The molecule has 6 nitrogen and oxygen atoms in total. The summed E-state index contributed by atoms with van der Waals surface area (Å²) in [5.74, 6) is 1.41. The van der Waals surface area contributed by atoms with Gasteiger partial charge in [-0.25, -0.2) is 4.98 Å². The first kappa shape index (κ1) is 13.5. The van der Waals surface area contributed by atoms with Crippen LogP contribution in [0.25, 0.3) is 0 Å². The molecule has 0 atom stereocenters. The molecule has 2 heterocycles. The van der Waals surface area contributed by atoms with Crippen LogP contribution in [0.4, 0.5) is 11.6 Å². The number of rotatable bonds is 3. The SMILES string of the molecule is COc1ccc(N(C)C(=O)c2cn3c(n2)NCCC3)cc1. The molecule has 0 aliphatic carbocycles. The Morgan fingerprint density at radius 1 is 1.38 bits per heavy atom. The Hall–Kier alpha value is -2.50. The number of nitrogens with one attached hydrogen (secondary N) is 1. The van der Waals surface area contributed by atoms with Crippen molar-refractivity contribution >= 4 is 17.5 Å². The predicted molar refractivity (Wildman–Crippen MR) is 81.1 cm³/mol. The number of amides is 1. The molecule has 6 heteroatoms. The summed E-state index contributed by atoms with van der Waals surface area (Å²) in [6.07, 6.45) is 2.86. The van der Waals surface area contributed by atoms with E-state index >= 15 is 0 Å². The molecule has 0 saturated carbocycles. The lowest BCUT2D eigenvalue weighted by atomic mass is 10.2. The highest BCUT2D eigenvalue weighted by atomic mass is 16.5. The summed E-state index contributed by atoms with van der Waals surface area (Å²) < 4.78 is 7.11. The van der Waals surface area contributed by atoms with Gasteiger partial charge in [-0.3, -0.25) is 4.79 Å². The molecule has 0 spiro atoms. The normalized spacial score (nSPS) is 13.2. The molecule has 1 aromatic heterocycles. The number of methoxy groups -OCH3 is 1. The van der Waals surface area contributed by atoms with Crippen molar-refractivity contribution in [3.8, 4) is 5.75 Å². The molecule has 2 aromatic rings. The van der Waals surface area contributed by atoms with Gasteiger partial charge in [-0.2, -0.15) is 0 Å². The van der Waals surface area contributed by atoms with Crippen LogP contribution in [0, 0.1) is 0 Å². The third-order valence-corrected chi connectivity index (χ3v) is 3.62. The second-order valence-corrected chi connectivity index (χ2v) is 4.99. The zero-order valence-electron chi connectivity index (χ0n) is 12.2. The van der Waals surface area contributed by atoms with Crippen molar-refractivity contribution < 1.29 is 9.53 Å². The Kier molecular flexibility index (Phi) is 3.51. The van der Waals surface area contributed by atoms with Crippen LogP contribution in [0.2, 0.25) is 0 Å². The Balaban J connectivity index is 1.81. The Bertz CT molecular complexity index is 625. The number of anilines is 2. The molecule has 1 aliphatic heterocycles. The van der Waals surface area contributed by atoms with Gasteiger partial charge in [-0.1, -0.05) is 0 Å². The summed E-state index contributed by atoms with van der Waals surface area (Å²) in [7, 11) is 3.36. The molecule has 21 heavy (non-hydrogen) atoms. The zero-order chi connectivity index (χ0) is 14.8. The van der Waals surface area contributed by atoms with Gasteiger partial charge in [0.2, 0.25) is 5.95 Å². The number of carbonyl (C=O) groups excluding carboxylic acids is 1. The van der Waals surface area contributed by atoms with Crippen LogP contribution in [0.1, 0.15) is 16.9 Å². The van der Waals surface area contributed by atoms with Crippen molar-refractivity contribution in [2.75, 3.05) is 30.9 Å². The van der Waals surface area contributed by atoms with E-state index in [0.717, 1.165) is 36.9 Å². The molecule has 1 N–H and O–H groups in total. The minimum Gasteiger partial charge on any atom is -0.497 e. The molecular weight excluding hydrogens is 268 g/mol. The monoisotopic (exact) mass is 286 g/mol. The molecule has 1 aromatic carbocycles. The van der Waals surface area contributed by atoms with Gasteiger partial charge in [0.1, 0.15) is 11.4 Å². The Labute approximate surface area is 123 Å². The number of carbonyl (C=O) groups is 1. The number of hydrogen-bond donors (Lipinski definition) is 1. The largest absolute Gasteiger partial charge is 0.497 e. The van der Waals surface area contributed by atoms with E-state index in [1.807, 2.05) is 35.0 Å². The molecule has 0 saturated heterocycles. The highest BCUT2D eigenvalue weighted by Gasteiger charge is 2.20. The predicted octanol–water partition coefficient (Wildman–Crippen LogP) is 1.98. The number of nitrogens with zero attached hydrogens (tertiary/aromatic N) is 3. The van der Waals surface area contributed by atoms with E-state index in [-0.39, 0.29) is 5.91 Å². The summed E-state index contributed by atoms with van der Waals surface area (Å²) in [4.78, 5) is 18.5. The molecule has 110 valence electrons. The van der Waals surface area contributed by atoms with Gasteiger partial charge >= 0.3 is 0 Å². The maximum Gasteiger partial charge on any atom is 0.278 e. The number of hydrogen-bond acceptors (Lipinski definition) is 4. The first-order valence-electron chi connectivity index (χ1n) is 6.92. The average Bonchev–Trinajstić information content (AvgIpc) is 2.97. The average molecular weight is 286 g/mol. The van der Waals surface area contributed by atoms with E-state index in [2.05, 4.69) is 10.3 Å². The second-order valence-electron chi connectivity index (χ2n) is 4.99. The molecular formula is C15H18N4O2. The van der Waals surface area contributed by atoms with Gasteiger partial charge in [0.05, 0.1) is 7.11 Å². The van der Waals surface area contributed by atoms with E-state index < -0.39 is 0 Å². The molecule has 0 radical (unpaired) electrons. The van der Waals surface area contributed by atoms with Crippen molar-refractivity contribution in [1.82, 2.24) is 9.55 Å². The van der Waals surface area contributed by atoms with Crippen LogP contribution in [-0.4, -0.2) is 36.2 Å². The summed E-state index contributed by atoms with van der Waals surface area (Å²) in [6.45, 7) is 1.80. The number of ether oxygens (including phenoxy) is 1. The third kappa shape index (κ3) is 2.56. The van der Waals surface area contributed by atoms with Crippen LogP contribution < -0.4 is 15.0 Å². The van der Waals surface area contributed by atoms with E-state index in [0.29, 0.717) is 5.69 Å². The second kappa shape index (κ2) is 5.47. The van der Waals surface area contributed by atoms with Crippen molar-refractivity contribution in [2.45, 2.75) is 13.0 Å². The lowest BCUT2D eigenvalue weighted by molar-refractivity contribution is 0.0988. The zero-order valence-corrected chi connectivity index (χ0v) is 12.2. The van der Waals surface area contributed by atoms with Gasteiger partial charge in [0.25, 0.3) is 5.91 Å². The summed E-state index contributed by atoms with van der Waals surface area (Å²) >= 11 is 0. The fourth-order valence-electron chi connectivity index (χ4n) is 2.38. The number of imidazole rings is 1. The van der Waals surface area contributed by atoms with Gasteiger partial charge in [-0.05, 0) is 30.7 Å². The van der Waals surface area contributed by atoms with Gasteiger partial charge in [0.15, 0.2) is 0 Å². The number of benzene rings is 1. The van der Waals surface area contributed by atoms with E-state index in [4.69, 9.17) is 4.74 Å². The topological polar surface area (TPSA) is 59.4 Å². The molecule has 3 rings (SSSR count). The maximum absolute atomic E-state index is 12.5. The van der Waals surface area contributed by atoms with E-state index in [1.54, 1.807) is 19.1 Å². The number of aromatic nitrogens is 2. The summed E-state index contributed by atoms with van der Waals surface area (Å²) in [5, 5.41) is 3.20. The lowest BCUT2D eigenvalue weighted by Crippen LogP contribution is -2.26. The highest BCUT2D eigenvalue weighted by Crippen LogP contribution is 2.21. The minimum absolute atomic E-state index is 0.121. The summed E-state index contributed by atoms with van der Waals surface area (Å²) in [5.41, 5.74) is 1.26. The minimum atomic E-state index is -0.121. The number of aryl methyl sites for hydroxylation is 1. The molecule has 1 aliphatic rings. The first-order chi connectivity index (χ1) is 10.2. The van der Waals surface area contributed by atoms with Gasteiger partial charge in [0, 0.05) is 32.0 Å². The fourth-order valence-corrected chi connectivity index (χ4v) is 2.38. The third-order valence-electron chi connectivity index (χ3n) is 3.62. The quantitative estimate of drug-likeness (QED) is 0.937. The Morgan fingerprint density at radius 2 is 2.14 bits per heavy atom. The van der Waals surface area contributed by atoms with Crippen molar-refractivity contribution in [3.63, 3.8) is 0 Å². The van der Waals surface area contributed by atoms with E-state index in [1.165, 1.54) is 0 Å². The number of fused-ring (bicyclic) bond motifs is 1. The van der Waals surface area contributed by atoms with Gasteiger partial charge < -0.3 is 19.5 Å². The standard InChI is InChI=1S/C15H18N4O2/c1-18(11-4-6-12(21-2)7-5-11)14(20)13-10-19-9-3-8-16-15(19)17-13/h4-7,10H,3,8-9H2,1-2H3,(H,16,17). The maximum atomic E-state index is 12.5. The van der Waals surface area contributed by atoms with E-state index in [9.17, 15) is 4.79 Å². The van der Waals surface area contributed by atoms with Crippen LogP contribution in [0.3, 0.4) is 0 Å². The van der Waals surface area contributed by atoms with Crippen molar-refractivity contribution in [2.24, 2.45) is 0 Å². The highest BCUT2D eigenvalue weighted by molar-refractivity contribution is 6.04. The van der Waals surface area contributed by atoms with Crippen molar-refractivity contribution in [3.05, 3.63) is 36.2 Å². The Morgan fingerprint density at radius 3 is 2.81 bits per heavy atom. The first-order valence-corrected chi connectivity index (χ1v) is 6.92. The molecule has 0 fully saturated rings. The van der Waals surface area contributed by atoms with Crippen molar-refractivity contribution in [1.29, 1.82) is 0 Å².